The molecule has 0 aliphatic carbocycles. The van der Waals surface area contributed by atoms with Gasteiger partial charge in [-0.1, -0.05) is 0 Å². The van der Waals surface area contributed by atoms with Crippen LogP contribution in [0.25, 0.3) is 10.1 Å². The van der Waals surface area contributed by atoms with Gasteiger partial charge in [0.05, 0.1) is 11.5 Å². The Kier molecular flexibility index (Phi) is 5.43. The van der Waals surface area contributed by atoms with Gasteiger partial charge in [0.1, 0.15) is 4.88 Å². The Morgan fingerprint density at radius 1 is 1.40 bits per heavy atom. The summed E-state index contributed by atoms with van der Waals surface area (Å²) in [6.07, 6.45) is 1.74. The van der Waals surface area contributed by atoms with Gasteiger partial charge in [-0.2, -0.15) is 4.31 Å². The Morgan fingerprint density at radius 3 is 2.92 bits per heavy atom. The first kappa shape index (κ1) is 18.3. The zero-order valence-corrected chi connectivity index (χ0v) is 16.0. The van der Waals surface area contributed by atoms with Gasteiger partial charge in [0.2, 0.25) is 10.0 Å². The summed E-state index contributed by atoms with van der Waals surface area (Å²) in [5.74, 6) is -0.373. The third-order valence-corrected chi connectivity index (χ3v) is 7.38. The Hall–Kier alpha value is -1.48. The normalized spacial score (nSPS) is 18.7. The van der Waals surface area contributed by atoms with Crippen LogP contribution in [-0.2, 0) is 14.8 Å². The second-order valence-corrected chi connectivity index (χ2v) is 8.97. The first-order valence-corrected chi connectivity index (χ1v) is 10.6. The lowest BCUT2D eigenvalue weighted by Gasteiger charge is -2.23. The summed E-state index contributed by atoms with van der Waals surface area (Å²) in [6.45, 7) is 3.26. The lowest BCUT2D eigenvalue weighted by atomic mass is 10.2. The minimum Gasteiger partial charge on any atom is -0.462 e. The van der Waals surface area contributed by atoms with Crippen LogP contribution in [0, 0.1) is 0 Å². The number of thiophene rings is 1. The summed E-state index contributed by atoms with van der Waals surface area (Å²) in [4.78, 5) is 12.6. The largest absolute Gasteiger partial charge is 0.462 e. The number of benzene rings is 1. The standard InChI is InChI=1S/C17H22N2O4S2/c1-3-23-17(20)16-10-12-9-14(6-7-15(12)24-16)25(21,22)19-8-4-5-13(19)11-18-2/h6-7,9-10,13,18H,3-5,8,11H2,1-2H3. The molecule has 1 fully saturated rings. The second kappa shape index (κ2) is 7.41. The number of esters is 1. The summed E-state index contributed by atoms with van der Waals surface area (Å²) in [7, 11) is -1.71. The lowest BCUT2D eigenvalue weighted by molar-refractivity contribution is 0.0532. The van der Waals surface area contributed by atoms with Crippen molar-refractivity contribution >= 4 is 37.4 Å². The SMILES string of the molecule is CCOC(=O)c1cc2cc(S(=O)(=O)N3CCCC3CNC)ccc2s1. The van der Waals surface area contributed by atoms with Gasteiger partial charge in [-0.25, -0.2) is 13.2 Å². The van der Waals surface area contributed by atoms with Crippen LogP contribution < -0.4 is 5.32 Å². The summed E-state index contributed by atoms with van der Waals surface area (Å²) in [6, 6.07) is 6.73. The maximum atomic E-state index is 13.0. The average Bonchev–Trinajstić information content (AvgIpc) is 3.21. The quantitative estimate of drug-likeness (QED) is 0.777. The molecule has 0 bridgehead atoms. The molecular weight excluding hydrogens is 360 g/mol. The highest BCUT2D eigenvalue weighted by atomic mass is 32.2. The number of sulfonamides is 1. The van der Waals surface area contributed by atoms with Crippen LogP contribution in [0.15, 0.2) is 29.2 Å². The van der Waals surface area contributed by atoms with Crippen molar-refractivity contribution in [1.29, 1.82) is 0 Å². The third-order valence-electron chi connectivity index (χ3n) is 4.33. The minimum atomic E-state index is -3.54. The molecule has 0 radical (unpaired) electrons. The van der Waals surface area contributed by atoms with Crippen LogP contribution >= 0.6 is 11.3 Å². The first-order valence-electron chi connectivity index (χ1n) is 8.34. The fourth-order valence-corrected chi connectivity index (χ4v) is 5.85. The van der Waals surface area contributed by atoms with Crippen LogP contribution in [0.5, 0.6) is 0 Å². The van der Waals surface area contributed by atoms with E-state index >= 15 is 0 Å². The van der Waals surface area contributed by atoms with E-state index in [2.05, 4.69) is 5.32 Å². The van der Waals surface area contributed by atoms with Crippen LogP contribution in [0.2, 0.25) is 0 Å². The maximum absolute atomic E-state index is 13.0. The molecule has 2 aromatic rings. The third kappa shape index (κ3) is 3.57. The molecule has 136 valence electrons. The molecule has 3 rings (SSSR count). The highest BCUT2D eigenvalue weighted by Gasteiger charge is 2.34. The van der Waals surface area contributed by atoms with Gasteiger partial charge in [-0.05, 0) is 56.5 Å². The molecule has 0 spiro atoms. The van der Waals surface area contributed by atoms with Gasteiger partial charge in [0.25, 0.3) is 0 Å². The summed E-state index contributed by atoms with van der Waals surface area (Å²) in [5.41, 5.74) is 0. The first-order chi connectivity index (χ1) is 12.0. The predicted octanol–water partition coefficient (Wildman–Crippen LogP) is 2.45. The van der Waals surface area contributed by atoms with Crippen LogP contribution in [0.3, 0.4) is 0 Å². The van der Waals surface area contributed by atoms with E-state index in [-0.39, 0.29) is 16.9 Å². The van der Waals surface area contributed by atoms with Crippen LogP contribution in [0.1, 0.15) is 29.4 Å². The molecule has 1 aliphatic heterocycles. The molecule has 1 atom stereocenters. The van der Waals surface area contributed by atoms with Crippen molar-refractivity contribution < 1.29 is 17.9 Å². The van der Waals surface area contributed by atoms with Gasteiger partial charge in [-0.15, -0.1) is 11.3 Å². The predicted molar refractivity (Wildman–Crippen MR) is 98.6 cm³/mol. The monoisotopic (exact) mass is 382 g/mol. The van der Waals surface area contributed by atoms with E-state index in [0.29, 0.717) is 24.6 Å². The molecule has 1 aromatic heterocycles. The molecule has 1 aliphatic rings. The molecule has 25 heavy (non-hydrogen) atoms. The van der Waals surface area contributed by atoms with E-state index in [4.69, 9.17) is 4.74 Å². The van der Waals surface area contributed by atoms with Gasteiger partial charge >= 0.3 is 5.97 Å². The average molecular weight is 383 g/mol. The fraction of sp³-hybridized carbons (Fsp3) is 0.471. The van der Waals surface area contributed by atoms with E-state index in [1.807, 2.05) is 7.05 Å². The number of nitrogens with zero attached hydrogens (tertiary/aromatic N) is 1. The number of carbonyl (C=O) groups is 1. The molecule has 6 nitrogen and oxygen atoms in total. The van der Waals surface area contributed by atoms with Gasteiger partial charge in [0.15, 0.2) is 0 Å². The van der Waals surface area contributed by atoms with Crippen molar-refractivity contribution in [3.05, 3.63) is 29.1 Å². The Morgan fingerprint density at radius 2 is 2.20 bits per heavy atom. The van der Waals surface area contributed by atoms with E-state index in [1.54, 1.807) is 35.5 Å². The van der Waals surface area contributed by atoms with Crippen molar-refractivity contribution in [2.75, 3.05) is 26.7 Å². The van der Waals surface area contributed by atoms with Crippen molar-refractivity contribution in [3.8, 4) is 0 Å². The molecule has 0 amide bonds. The van der Waals surface area contributed by atoms with Crippen molar-refractivity contribution in [2.24, 2.45) is 0 Å². The van der Waals surface area contributed by atoms with Crippen molar-refractivity contribution in [1.82, 2.24) is 9.62 Å². The van der Waals surface area contributed by atoms with E-state index in [1.165, 1.54) is 11.3 Å². The highest BCUT2D eigenvalue weighted by molar-refractivity contribution is 7.89. The Balaban J connectivity index is 1.94. The Bertz CT molecular complexity index is 876. The van der Waals surface area contributed by atoms with Gasteiger partial charge in [-0.3, -0.25) is 0 Å². The van der Waals surface area contributed by atoms with Crippen LogP contribution in [0.4, 0.5) is 0 Å². The number of hydrogen-bond acceptors (Lipinski definition) is 6. The van der Waals surface area contributed by atoms with E-state index < -0.39 is 10.0 Å². The molecule has 1 N–H and O–H groups in total. The number of rotatable bonds is 6. The lowest BCUT2D eigenvalue weighted by Crippen LogP contribution is -2.40. The summed E-state index contributed by atoms with van der Waals surface area (Å²) >= 11 is 1.31. The minimum absolute atomic E-state index is 0.0109. The van der Waals surface area contributed by atoms with E-state index in [9.17, 15) is 13.2 Å². The number of hydrogen-bond donors (Lipinski definition) is 1. The van der Waals surface area contributed by atoms with Crippen molar-refractivity contribution in [2.45, 2.75) is 30.7 Å². The van der Waals surface area contributed by atoms with Crippen LogP contribution in [-0.4, -0.2) is 51.5 Å². The fourth-order valence-electron chi connectivity index (χ4n) is 3.19. The molecule has 1 unspecified atom stereocenters. The number of fused-ring (bicyclic) bond motifs is 1. The molecular formula is C17H22N2O4S2. The van der Waals surface area contributed by atoms with Gasteiger partial charge < -0.3 is 10.1 Å². The van der Waals surface area contributed by atoms with Gasteiger partial charge in [0, 0.05) is 23.8 Å². The highest BCUT2D eigenvalue weighted by Crippen LogP contribution is 2.31. The smallest absolute Gasteiger partial charge is 0.348 e. The number of nitrogens with one attached hydrogen (secondary N) is 1. The number of ether oxygens (including phenoxy) is 1. The summed E-state index contributed by atoms with van der Waals surface area (Å²) in [5, 5.41) is 3.81. The molecule has 0 saturated carbocycles. The summed E-state index contributed by atoms with van der Waals surface area (Å²) < 4.78 is 33.5. The second-order valence-electron chi connectivity index (χ2n) is 6.00. The number of likely N-dealkylation sites (N-methyl/N-ethyl adjacent to an activating group) is 1. The van der Waals surface area contributed by atoms with E-state index in [0.717, 1.165) is 22.9 Å². The molecule has 8 heteroatoms. The zero-order valence-electron chi connectivity index (χ0n) is 14.3. The Labute approximate surface area is 151 Å². The molecule has 1 saturated heterocycles. The molecule has 1 aromatic carbocycles. The molecule has 2 heterocycles. The topological polar surface area (TPSA) is 75.7 Å². The van der Waals surface area contributed by atoms with Crippen molar-refractivity contribution in [3.63, 3.8) is 0 Å². The zero-order chi connectivity index (χ0) is 18.0. The number of carbonyl (C=O) groups excluding carboxylic acids is 1. The maximum Gasteiger partial charge on any atom is 0.348 e.